The smallest absolute Gasteiger partial charge is 0.0485 e. The van der Waals surface area contributed by atoms with Crippen molar-refractivity contribution in [1.29, 1.82) is 0 Å². The molecule has 0 aliphatic rings. The zero-order chi connectivity index (χ0) is 14.1. The van der Waals surface area contributed by atoms with Gasteiger partial charge in [-0.3, -0.25) is 4.98 Å². The third-order valence-corrected chi connectivity index (χ3v) is 3.06. The second-order valence-corrected chi connectivity index (χ2v) is 3.98. The zero-order valence-corrected chi connectivity index (χ0v) is 14.3. The van der Waals surface area contributed by atoms with Crippen LogP contribution in [0.3, 0.4) is 0 Å². The number of hydrogen-bond donors (Lipinski definition) is 2. The standard InChI is InChI=1S/C12H7N2S.2CH4O.Ir/c1-2-4-9(5-3-1)12-10-8-13-7-6-11(10)15-14-12;2*1-2;/h1-4,6-8H;2*2H,1H3;/q-1;;;. The SMILES string of the molecule is CO.CO.[Ir].[c-]1ccccc1-c1nsc2ccncc12. The summed E-state index contributed by atoms with van der Waals surface area (Å²) < 4.78 is 5.60. The van der Waals surface area contributed by atoms with Crippen molar-refractivity contribution >= 4 is 21.6 Å². The van der Waals surface area contributed by atoms with Gasteiger partial charge in [-0.15, -0.1) is 35.9 Å². The fraction of sp³-hybridized carbons (Fsp3) is 0.143. The van der Waals surface area contributed by atoms with Gasteiger partial charge in [-0.25, -0.2) is 4.37 Å². The molecular formula is C14H15IrN2O2S-. The van der Waals surface area contributed by atoms with Gasteiger partial charge in [-0.2, -0.15) is 0 Å². The Balaban J connectivity index is 0.000000667. The molecule has 6 heteroatoms. The Bertz CT molecular complexity index is 602. The Kier molecular flexibility index (Phi) is 9.98. The van der Waals surface area contributed by atoms with Crippen LogP contribution in [0.15, 0.2) is 42.7 Å². The summed E-state index contributed by atoms with van der Waals surface area (Å²) in [6, 6.07) is 13.0. The molecule has 109 valence electrons. The molecule has 2 N–H and O–H groups in total. The molecule has 0 bridgehead atoms. The monoisotopic (exact) mass is 468 g/mol. The summed E-state index contributed by atoms with van der Waals surface area (Å²) in [6.45, 7) is 0. The first-order chi connectivity index (χ1) is 9.45. The van der Waals surface area contributed by atoms with Crippen LogP contribution in [0.1, 0.15) is 0 Å². The molecule has 0 atom stereocenters. The van der Waals surface area contributed by atoms with E-state index in [0.29, 0.717) is 0 Å². The normalized spacial score (nSPS) is 8.60. The van der Waals surface area contributed by atoms with Crippen molar-refractivity contribution in [2.75, 3.05) is 14.2 Å². The minimum atomic E-state index is 0. The van der Waals surface area contributed by atoms with Crippen molar-refractivity contribution in [3.05, 3.63) is 48.8 Å². The topological polar surface area (TPSA) is 66.2 Å². The maximum Gasteiger partial charge on any atom is 0.0485 e. The molecule has 1 radical (unpaired) electrons. The van der Waals surface area contributed by atoms with Crippen LogP contribution >= 0.6 is 11.5 Å². The van der Waals surface area contributed by atoms with E-state index in [2.05, 4.69) is 15.4 Å². The van der Waals surface area contributed by atoms with E-state index in [0.717, 1.165) is 35.6 Å². The van der Waals surface area contributed by atoms with Crippen LogP contribution in [-0.2, 0) is 20.1 Å². The first kappa shape index (κ1) is 18.8. The molecule has 0 amide bonds. The van der Waals surface area contributed by atoms with Crippen molar-refractivity contribution in [2.24, 2.45) is 0 Å². The minimum Gasteiger partial charge on any atom is -0.400 e. The zero-order valence-electron chi connectivity index (χ0n) is 11.1. The van der Waals surface area contributed by atoms with E-state index in [1.807, 2.05) is 36.5 Å². The molecule has 0 aliphatic carbocycles. The van der Waals surface area contributed by atoms with E-state index < -0.39 is 0 Å². The van der Waals surface area contributed by atoms with Gasteiger partial charge in [0.25, 0.3) is 0 Å². The largest absolute Gasteiger partial charge is 0.400 e. The van der Waals surface area contributed by atoms with Gasteiger partial charge in [0.1, 0.15) is 0 Å². The van der Waals surface area contributed by atoms with Crippen LogP contribution in [0, 0.1) is 6.07 Å². The van der Waals surface area contributed by atoms with Crippen LogP contribution in [0.25, 0.3) is 21.3 Å². The Labute approximate surface area is 135 Å². The maximum absolute atomic E-state index is 7.00. The van der Waals surface area contributed by atoms with Crippen molar-refractivity contribution in [2.45, 2.75) is 0 Å². The van der Waals surface area contributed by atoms with E-state index in [-0.39, 0.29) is 20.1 Å². The van der Waals surface area contributed by atoms with Gasteiger partial charge >= 0.3 is 0 Å². The molecule has 2 aromatic heterocycles. The molecule has 1 aromatic carbocycles. The third kappa shape index (κ3) is 4.44. The van der Waals surface area contributed by atoms with Gasteiger partial charge in [0, 0.05) is 57.1 Å². The number of hydrogen-bond acceptors (Lipinski definition) is 5. The summed E-state index contributed by atoms with van der Waals surface area (Å²) in [4.78, 5) is 4.12. The van der Waals surface area contributed by atoms with Crippen molar-refractivity contribution < 1.29 is 30.3 Å². The molecule has 4 nitrogen and oxygen atoms in total. The number of nitrogens with zero attached hydrogens (tertiary/aromatic N) is 2. The number of benzene rings is 1. The predicted octanol–water partition coefficient (Wildman–Crippen LogP) is 2.37. The molecular weight excluding hydrogens is 452 g/mol. The first-order valence-electron chi connectivity index (χ1n) is 5.51. The van der Waals surface area contributed by atoms with E-state index in [4.69, 9.17) is 10.2 Å². The quantitative estimate of drug-likeness (QED) is 0.540. The molecule has 0 spiro atoms. The van der Waals surface area contributed by atoms with Crippen molar-refractivity contribution in [3.63, 3.8) is 0 Å². The van der Waals surface area contributed by atoms with E-state index in [9.17, 15) is 0 Å². The van der Waals surface area contributed by atoms with Crippen molar-refractivity contribution in [3.8, 4) is 11.3 Å². The first-order valence-corrected chi connectivity index (χ1v) is 6.28. The van der Waals surface area contributed by atoms with Crippen LogP contribution in [0.2, 0.25) is 0 Å². The second kappa shape index (κ2) is 10.6. The Morgan fingerprint density at radius 3 is 2.50 bits per heavy atom. The number of aliphatic hydroxyl groups excluding tert-OH is 2. The summed E-state index contributed by atoms with van der Waals surface area (Å²) in [7, 11) is 2.00. The van der Waals surface area contributed by atoms with Gasteiger partial charge in [-0.1, -0.05) is 0 Å². The molecule has 0 fully saturated rings. The molecule has 2 heterocycles. The number of pyridine rings is 1. The summed E-state index contributed by atoms with van der Waals surface area (Å²) in [6.07, 6.45) is 3.65. The minimum absolute atomic E-state index is 0. The molecule has 0 saturated heterocycles. The molecule has 0 aliphatic heterocycles. The molecule has 3 aromatic rings. The van der Waals surface area contributed by atoms with E-state index in [1.165, 1.54) is 11.5 Å². The number of aromatic nitrogens is 2. The molecule has 0 saturated carbocycles. The summed E-state index contributed by atoms with van der Waals surface area (Å²) in [5, 5.41) is 15.1. The summed E-state index contributed by atoms with van der Waals surface area (Å²) in [5.41, 5.74) is 2.00. The fourth-order valence-electron chi connectivity index (χ4n) is 1.52. The Morgan fingerprint density at radius 2 is 1.85 bits per heavy atom. The average molecular weight is 468 g/mol. The van der Waals surface area contributed by atoms with Crippen LogP contribution < -0.4 is 0 Å². The summed E-state index contributed by atoms with van der Waals surface area (Å²) in [5.74, 6) is 0. The van der Waals surface area contributed by atoms with Gasteiger partial charge in [0.15, 0.2) is 0 Å². The predicted molar refractivity (Wildman–Crippen MR) is 78.0 cm³/mol. The second-order valence-electron chi connectivity index (χ2n) is 3.18. The average Bonchev–Trinajstić information content (AvgIpc) is 2.96. The van der Waals surface area contributed by atoms with Crippen LogP contribution in [-0.4, -0.2) is 33.8 Å². The number of rotatable bonds is 1. The van der Waals surface area contributed by atoms with Crippen molar-refractivity contribution in [1.82, 2.24) is 9.36 Å². The van der Waals surface area contributed by atoms with Gasteiger partial charge < -0.3 is 10.2 Å². The van der Waals surface area contributed by atoms with E-state index >= 15 is 0 Å². The maximum atomic E-state index is 7.00. The number of aliphatic hydroxyl groups is 2. The Morgan fingerprint density at radius 1 is 1.10 bits per heavy atom. The molecule has 3 rings (SSSR count). The van der Waals surface area contributed by atoms with Gasteiger partial charge in [0.05, 0.1) is 0 Å². The Hall–Kier alpha value is -1.17. The van der Waals surface area contributed by atoms with Gasteiger partial charge in [-0.05, 0) is 23.0 Å². The van der Waals surface area contributed by atoms with Crippen LogP contribution in [0.5, 0.6) is 0 Å². The van der Waals surface area contributed by atoms with E-state index in [1.54, 1.807) is 6.20 Å². The molecule has 20 heavy (non-hydrogen) atoms. The third-order valence-electron chi connectivity index (χ3n) is 2.24. The molecule has 0 unspecified atom stereocenters. The fourth-order valence-corrected chi connectivity index (χ4v) is 2.27. The van der Waals surface area contributed by atoms with Crippen LogP contribution in [0.4, 0.5) is 0 Å². The van der Waals surface area contributed by atoms with Gasteiger partial charge in [0.2, 0.25) is 0 Å². The summed E-state index contributed by atoms with van der Waals surface area (Å²) >= 11 is 1.50. The number of fused-ring (bicyclic) bond motifs is 1.